The van der Waals surface area contributed by atoms with Gasteiger partial charge in [0.1, 0.15) is 34.2 Å². The Hall–Kier alpha value is -4.93. The zero-order chi connectivity index (χ0) is 31.5. The van der Waals surface area contributed by atoms with Gasteiger partial charge in [-0.25, -0.2) is 0 Å². The number of aromatic nitrogens is 6. The molecule has 0 radical (unpaired) electrons. The van der Waals surface area contributed by atoms with Crippen LogP contribution in [0.3, 0.4) is 0 Å². The molecule has 3 N–H and O–H groups in total. The highest BCUT2D eigenvalue weighted by atomic mass is 16.4. The van der Waals surface area contributed by atoms with Crippen LogP contribution in [0.5, 0.6) is 0 Å². The molecule has 0 spiro atoms. The van der Waals surface area contributed by atoms with Gasteiger partial charge in [-0.2, -0.15) is 30.0 Å². The molecular formula is C35H36N6O4. The molecule has 4 unspecified atom stereocenters. The van der Waals surface area contributed by atoms with Crippen molar-refractivity contribution in [1.82, 2.24) is 30.0 Å². The minimum absolute atomic E-state index is 0.0596. The lowest BCUT2D eigenvalue weighted by Crippen LogP contribution is -2.22. The maximum atomic E-state index is 11.9. The molecule has 0 saturated heterocycles. The van der Waals surface area contributed by atoms with E-state index in [4.69, 9.17) is 0 Å². The normalized spacial score (nSPS) is 15.1. The molecule has 10 heteroatoms. The predicted octanol–water partition coefficient (Wildman–Crippen LogP) is 5.46. The smallest absolute Gasteiger partial charge is 0.304 e. The second-order valence-electron chi connectivity index (χ2n) is 11.6. The first kappa shape index (κ1) is 30.1. The van der Waals surface area contributed by atoms with Crippen LogP contribution in [0.15, 0.2) is 97.1 Å². The third kappa shape index (κ3) is 6.20. The van der Waals surface area contributed by atoms with Crippen LogP contribution in [0.2, 0.25) is 0 Å². The summed E-state index contributed by atoms with van der Waals surface area (Å²) in [6.07, 6.45) is -0.0596. The Labute approximate surface area is 260 Å². The quantitative estimate of drug-likeness (QED) is 0.167. The minimum atomic E-state index is -0.885. The van der Waals surface area contributed by atoms with Crippen molar-refractivity contribution >= 4 is 28.0 Å². The number of fused-ring (bicyclic) bond motifs is 2. The van der Waals surface area contributed by atoms with Crippen LogP contribution in [-0.4, -0.2) is 64.5 Å². The first-order chi connectivity index (χ1) is 21.9. The Kier molecular flexibility index (Phi) is 8.68. The van der Waals surface area contributed by atoms with Crippen molar-refractivity contribution in [3.05, 3.63) is 119 Å². The van der Waals surface area contributed by atoms with E-state index in [1.165, 1.54) is 0 Å². The molecule has 0 bridgehead atoms. The number of nitrogens with zero attached hydrogens (tertiary/aromatic N) is 6. The minimum Gasteiger partial charge on any atom is -0.481 e. The third-order valence-electron chi connectivity index (χ3n) is 8.83. The average molecular weight is 605 g/mol. The van der Waals surface area contributed by atoms with Crippen LogP contribution >= 0.6 is 0 Å². The van der Waals surface area contributed by atoms with Crippen LogP contribution < -0.4 is 0 Å². The number of carboxylic acids is 1. The summed E-state index contributed by atoms with van der Waals surface area (Å²) in [4.78, 5) is 15.1. The predicted molar refractivity (Wildman–Crippen MR) is 171 cm³/mol. The average Bonchev–Trinajstić information content (AvgIpc) is 3.69. The summed E-state index contributed by atoms with van der Waals surface area (Å²) in [5.74, 6) is -1.42. The maximum absolute atomic E-state index is 11.9. The Morgan fingerprint density at radius 1 is 0.578 bits per heavy atom. The molecule has 10 nitrogen and oxygen atoms in total. The van der Waals surface area contributed by atoms with Crippen molar-refractivity contribution in [2.45, 2.75) is 50.1 Å². The number of carboxylic acid groups (broad SMARTS) is 1. The Morgan fingerprint density at radius 2 is 0.889 bits per heavy atom. The molecule has 0 amide bonds. The number of aliphatic carboxylic acids is 1. The fraction of sp³-hybridized carbons (Fsp3) is 0.286. The summed E-state index contributed by atoms with van der Waals surface area (Å²) in [6, 6.07) is 30.3. The van der Waals surface area contributed by atoms with E-state index < -0.39 is 5.97 Å². The number of carbonyl (C=O) groups is 1. The van der Waals surface area contributed by atoms with E-state index >= 15 is 0 Å². The van der Waals surface area contributed by atoms with Crippen LogP contribution in [0.4, 0.5) is 0 Å². The molecule has 0 aliphatic carbocycles. The summed E-state index contributed by atoms with van der Waals surface area (Å²) in [7, 11) is 0. The molecule has 45 heavy (non-hydrogen) atoms. The van der Waals surface area contributed by atoms with Gasteiger partial charge >= 0.3 is 5.97 Å². The first-order valence-corrected chi connectivity index (χ1v) is 15.1. The van der Waals surface area contributed by atoms with Crippen molar-refractivity contribution in [1.29, 1.82) is 0 Å². The summed E-state index contributed by atoms with van der Waals surface area (Å²) in [6.45, 7) is 3.81. The maximum Gasteiger partial charge on any atom is 0.304 e. The van der Waals surface area contributed by atoms with Gasteiger partial charge in [-0.3, -0.25) is 4.79 Å². The van der Waals surface area contributed by atoms with Gasteiger partial charge in [0.05, 0.1) is 19.6 Å². The van der Waals surface area contributed by atoms with E-state index in [9.17, 15) is 20.1 Å². The molecule has 0 saturated carbocycles. The lowest BCUT2D eigenvalue weighted by molar-refractivity contribution is -0.137. The second kappa shape index (κ2) is 13.0. The molecule has 2 aromatic heterocycles. The third-order valence-corrected chi connectivity index (χ3v) is 8.83. The molecular weight excluding hydrogens is 568 g/mol. The van der Waals surface area contributed by atoms with Crippen molar-refractivity contribution in [3.63, 3.8) is 0 Å². The summed E-state index contributed by atoms with van der Waals surface area (Å²) >= 11 is 0. The highest BCUT2D eigenvalue weighted by Crippen LogP contribution is 2.34. The highest BCUT2D eigenvalue weighted by molar-refractivity contribution is 5.73. The molecule has 0 fully saturated rings. The summed E-state index contributed by atoms with van der Waals surface area (Å²) < 4.78 is 0. The zero-order valence-electron chi connectivity index (χ0n) is 25.2. The van der Waals surface area contributed by atoms with E-state index in [-0.39, 0.29) is 49.5 Å². The fourth-order valence-electron chi connectivity index (χ4n) is 6.02. The van der Waals surface area contributed by atoms with Gasteiger partial charge in [-0.1, -0.05) is 86.6 Å². The zero-order valence-corrected chi connectivity index (χ0v) is 25.2. The van der Waals surface area contributed by atoms with Gasteiger partial charge in [0, 0.05) is 17.8 Å². The largest absolute Gasteiger partial charge is 0.481 e. The molecule has 4 atom stereocenters. The summed E-state index contributed by atoms with van der Waals surface area (Å²) in [5, 5.41) is 48.6. The Balaban J connectivity index is 1.21. The van der Waals surface area contributed by atoms with Gasteiger partial charge in [0.25, 0.3) is 0 Å². The fourth-order valence-corrected chi connectivity index (χ4v) is 6.02. The molecule has 0 aliphatic rings. The van der Waals surface area contributed by atoms with Crippen LogP contribution in [-0.2, 0) is 4.79 Å². The van der Waals surface area contributed by atoms with Gasteiger partial charge in [0.2, 0.25) is 0 Å². The van der Waals surface area contributed by atoms with Crippen molar-refractivity contribution in [3.8, 4) is 0 Å². The molecule has 6 aromatic rings. The number of rotatable bonds is 12. The van der Waals surface area contributed by atoms with Crippen LogP contribution in [0.1, 0.15) is 72.4 Å². The van der Waals surface area contributed by atoms with Crippen LogP contribution in [0, 0.1) is 0 Å². The second-order valence-corrected chi connectivity index (χ2v) is 11.6. The molecule has 0 aliphatic heterocycles. The van der Waals surface area contributed by atoms with E-state index in [2.05, 4.69) is 20.4 Å². The Bertz CT molecular complexity index is 1700. The first-order valence-electron chi connectivity index (χ1n) is 15.1. The lowest BCUT2D eigenvalue weighted by atomic mass is 9.85. The standard InChI is InChI=1S/C35H36N6O4/c1-22(33(20-42)40-36-29-7-3-4-8-30(29)37-40)24-11-15-26(16-12-24)28(19-35(44)45)27-17-13-25(14-18-27)23(2)34(21-43)41-38-31-9-5-6-10-32(31)39-41/h3-18,22-23,28,33-34,42-43H,19-21H2,1-2H3,(H,44,45). The van der Waals surface area contributed by atoms with Crippen molar-refractivity contribution < 1.29 is 20.1 Å². The molecule has 6 rings (SSSR count). The molecule has 4 aromatic carbocycles. The van der Waals surface area contributed by atoms with Crippen LogP contribution in [0.25, 0.3) is 22.1 Å². The highest BCUT2D eigenvalue weighted by Gasteiger charge is 2.26. The van der Waals surface area contributed by atoms with Gasteiger partial charge in [-0.05, 0) is 46.5 Å². The van der Waals surface area contributed by atoms with Gasteiger partial charge < -0.3 is 15.3 Å². The lowest BCUT2D eigenvalue weighted by Gasteiger charge is -2.24. The molecule has 2 heterocycles. The van der Waals surface area contributed by atoms with Gasteiger partial charge in [0.15, 0.2) is 0 Å². The van der Waals surface area contributed by atoms with Crippen molar-refractivity contribution in [2.75, 3.05) is 13.2 Å². The van der Waals surface area contributed by atoms with E-state index in [1.54, 1.807) is 9.59 Å². The van der Waals surface area contributed by atoms with E-state index in [0.29, 0.717) is 0 Å². The SMILES string of the molecule is CC(c1ccc(C(CC(=O)O)c2ccc(C(C)C(CO)n3nc4ccccc4n3)cc2)cc1)C(CO)n1nc2ccccc2n1. The molecule has 230 valence electrons. The number of hydrogen-bond acceptors (Lipinski definition) is 7. The van der Waals surface area contributed by atoms with Gasteiger partial charge in [-0.15, -0.1) is 0 Å². The number of aliphatic hydroxyl groups is 2. The number of benzene rings is 4. The van der Waals surface area contributed by atoms with E-state index in [1.807, 2.05) is 111 Å². The monoisotopic (exact) mass is 604 g/mol. The topological polar surface area (TPSA) is 139 Å². The number of hydrogen-bond donors (Lipinski definition) is 3. The Morgan fingerprint density at radius 3 is 1.18 bits per heavy atom. The summed E-state index contributed by atoms with van der Waals surface area (Å²) in [5.41, 5.74) is 6.85. The van der Waals surface area contributed by atoms with E-state index in [0.717, 1.165) is 44.3 Å². The number of aliphatic hydroxyl groups excluding tert-OH is 2. The van der Waals surface area contributed by atoms with Crippen molar-refractivity contribution in [2.24, 2.45) is 0 Å².